The van der Waals surface area contributed by atoms with Crippen molar-refractivity contribution in [1.29, 1.82) is 0 Å². The van der Waals surface area contributed by atoms with E-state index in [0.717, 1.165) is 48.3 Å². The minimum absolute atomic E-state index is 0.442. The Balaban J connectivity index is 1.52. The molecule has 9 atom stereocenters. The molecule has 4 aliphatic rings. The largest absolute Gasteiger partial charge is 0.300 e. The second kappa shape index (κ2) is 7.91. The molecule has 0 bridgehead atoms. The van der Waals surface area contributed by atoms with Crippen LogP contribution < -0.4 is 0 Å². The Morgan fingerprint density at radius 2 is 1.53 bits per heavy atom. The molecule has 30 heavy (non-hydrogen) atoms. The van der Waals surface area contributed by atoms with Crippen LogP contribution in [0.4, 0.5) is 0 Å². The number of Topliss-reactive ketones (excluding diaryl/α,β-unsaturated/α-hetero) is 1. The van der Waals surface area contributed by atoms with Crippen LogP contribution in [-0.4, -0.2) is 5.78 Å². The summed E-state index contributed by atoms with van der Waals surface area (Å²) in [6.45, 7) is 17.8. The quantitative estimate of drug-likeness (QED) is 0.442. The SMILES string of the molecule is CC(C)C(C)CCC(C)C1CCC2(C)C3CCC4CC(=O)CCC4(C)C3CCC12C. The first-order chi connectivity index (χ1) is 14.0. The third kappa shape index (κ3) is 3.35. The lowest BCUT2D eigenvalue weighted by Gasteiger charge is -2.64. The normalized spacial score (nSPS) is 48.1. The van der Waals surface area contributed by atoms with E-state index in [4.69, 9.17) is 0 Å². The number of carbonyl (C=O) groups is 1. The van der Waals surface area contributed by atoms with Crippen LogP contribution in [0.5, 0.6) is 0 Å². The summed E-state index contributed by atoms with van der Waals surface area (Å²) in [5.74, 6) is 6.46. The van der Waals surface area contributed by atoms with Gasteiger partial charge in [-0.15, -0.1) is 0 Å². The molecule has 1 heteroatoms. The summed E-state index contributed by atoms with van der Waals surface area (Å²) < 4.78 is 0. The lowest BCUT2D eigenvalue weighted by molar-refractivity contribution is -0.162. The van der Waals surface area contributed by atoms with Crippen molar-refractivity contribution < 1.29 is 4.79 Å². The maximum absolute atomic E-state index is 12.2. The van der Waals surface area contributed by atoms with Gasteiger partial charge in [0.25, 0.3) is 0 Å². The third-order valence-corrected chi connectivity index (χ3v) is 12.3. The second-order valence-electron chi connectivity index (χ2n) is 13.5. The molecule has 0 aromatic rings. The van der Waals surface area contributed by atoms with E-state index < -0.39 is 0 Å². The molecule has 0 aromatic heterocycles. The van der Waals surface area contributed by atoms with Gasteiger partial charge in [-0.3, -0.25) is 4.79 Å². The van der Waals surface area contributed by atoms with Crippen LogP contribution in [0, 0.1) is 57.7 Å². The molecule has 0 N–H and O–H groups in total. The topological polar surface area (TPSA) is 17.1 Å². The Bertz CT molecular complexity index is 651. The fourth-order valence-electron chi connectivity index (χ4n) is 9.47. The van der Waals surface area contributed by atoms with Gasteiger partial charge in [-0.1, -0.05) is 61.3 Å². The summed E-state index contributed by atoms with van der Waals surface area (Å²) in [5, 5.41) is 0. The summed E-state index contributed by atoms with van der Waals surface area (Å²) in [6.07, 6.45) is 14.3. The zero-order valence-corrected chi connectivity index (χ0v) is 21.2. The molecule has 0 amide bonds. The molecule has 4 fully saturated rings. The fraction of sp³-hybridized carbons (Fsp3) is 0.966. The third-order valence-electron chi connectivity index (χ3n) is 12.3. The van der Waals surface area contributed by atoms with Crippen molar-refractivity contribution in [2.45, 2.75) is 119 Å². The zero-order chi connectivity index (χ0) is 21.9. The smallest absolute Gasteiger partial charge is 0.133 e. The number of ketones is 1. The molecule has 0 radical (unpaired) electrons. The minimum atomic E-state index is 0.442. The van der Waals surface area contributed by atoms with E-state index in [1.54, 1.807) is 0 Å². The first-order valence-electron chi connectivity index (χ1n) is 13.5. The number of hydrogen-bond acceptors (Lipinski definition) is 1. The monoisotopic (exact) mass is 414 g/mol. The first-order valence-corrected chi connectivity index (χ1v) is 13.5. The highest BCUT2D eigenvalue weighted by Gasteiger charge is 2.65. The van der Waals surface area contributed by atoms with Crippen LogP contribution in [0.2, 0.25) is 0 Å². The van der Waals surface area contributed by atoms with Crippen LogP contribution in [0.1, 0.15) is 119 Å². The van der Waals surface area contributed by atoms with Gasteiger partial charge in [0.05, 0.1) is 0 Å². The van der Waals surface area contributed by atoms with Gasteiger partial charge in [-0.05, 0) is 103 Å². The zero-order valence-electron chi connectivity index (χ0n) is 21.2. The van der Waals surface area contributed by atoms with Crippen LogP contribution in [-0.2, 0) is 4.79 Å². The van der Waals surface area contributed by atoms with E-state index in [-0.39, 0.29) is 0 Å². The molecule has 0 aliphatic heterocycles. The minimum Gasteiger partial charge on any atom is -0.300 e. The summed E-state index contributed by atoms with van der Waals surface area (Å²) >= 11 is 0. The van der Waals surface area contributed by atoms with E-state index in [1.165, 1.54) is 57.8 Å². The fourth-order valence-corrected chi connectivity index (χ4v) is 9.47. The Hall–Kier alpha value is -0.330. The van der Waals surface area contributed by atoms with Gasteiger partial charge in [0, 0.05) is 12.8 Å². The Morgan fingerprint density at radius 3 is 2.23 bits per heavy atom. The Kier molecular flexibility index (Phi) is 6.03. The predicted octanol–water partition coefficient (Wildman–Crippen LogP) is 8.31. The molecule has 4 saturated carbocycles. The summed E-state index contributed by atoms with van der Waals surface area (Å²) in [4.78, 5) is 12.2. The van der Waals surface area contributed by atoms with Gasteiger partial charge in [0.15, 0.2) is 0 Å². The summed E-state index contributed by atoms with van der Waals surface area (Å²) in [7, 11) is 0. The van der Waals surface area contributed by atoms with E-state index in [0.29, 0.717) is 27.9 Å². The number of hydrogen-bond donors (Lipinski definition) is 0. The highest BCUT2D eigenvalue weighted by atomic mass is 16.1. The molecule has 0 saturated heterocycles. The van der Waals surface area contributed by atoms with Crippen molar-refractivity contribution in [2.75, 3.05) is 0 Å². The number of fused-ring (bicyclic) bond motifs is 5. The van der Waals surface area contributed by atoms with Crippen molar-refractivity contribution in [3.8, 4) is 0 Å². The second-order valence-corrected chi connectivity index (χ2v) is 13.5. The molecule has 9 unspecified atom stereocenters. The van der Waals surface area contributed by atoms with Crippen molar-refractivity contribution in [3.05, 3.63) is 0 Å². The molecule has 0 aromatic carbocycles. The standard InChI is InChI=1S/C29H50O/c1-19(2)20(3)8-9-21(4)24-13-16-29(7)26-11-10-22-18-23(30)12-15-27(22,5)25(26)14-17-28(24,29)6/h19-22,24-26H,8-18H2,1-7H3. The van der Waals surface area contributed by atoms with Crippen molar-refractivity contribution in [1.82, 2.24) is 0 Å². The Morgan fingerprint density at radius 1 is 0.833 bits per heavy atom. The predicted molar refractivity (Wildman–Crippen MR) is 127 cm³/mol. The molecular formula is C29H50O. The van der Waals surface area contributed by atoms with E-state index in [2.05, 4.69) is 48.5 Å². The van der Waals surface area contributed by atoms with Gasteiger partial charge in [0.1, 0.15) is 5.78 Å². The van der Waals surface area contributed by atoms with Gasteiger partial charge >= 0.3 is 0 Å². The molecule has 4 aliphatic carbocycles. The van der Waals surface area contributed by atoms with Crippen molar-refractivity contribution in [2.24, 2.45) is 57.7 Å². The van der Waals surface area contributed by atoms with Crippen molar-refractivity contribution in [3.63, 3.8) is 0 Å². The molecule has 172 valence electrons. The van der Waals surface area contributed by atoms with Gasteiger partial charge in [-0.25, -0.2) is 0 Å². The van der Waals surface area contributed by atoms with Gasteiger partial charge < -0.3 is 0 Å². The van der Waals surface area contributed by atoms with E-state index >= 15 is 0 Å². The average molecular weight is 415 g/mol. The highest BCUT2D eigenvalue weighted by Crippen LogP contribution is 2.73. The van der Waals surface area contributed by atoms with E-state index in [9.17, 15) is 4.79 Å². The lowest BCUT2D eigenvalue weighted by Crippen LogP contribution is -2.57. The molecular weight excluding hydrogens is 364 g/mol. The van der Waals surface area contributed by atoms with Gasteiger partial charge in [-0.2, -0.15) is 0 Å². The van der Waals surface area contributed by atoms with Gasteiger partial charge in [0.2, 0.25) is 0 Å². The summed E-state index contributed by atoms with van der Waals surface area (Å²) in [6, 6.07) is 0. The van der Waals surface area contributed by atoms with Crippen LogP contribution in [0.15, 0.2) is 0 Å². The van der Waals surface area contributed by atoms with Crippen LogP contribution in [0.25, 0.3) is 0 Å². The molecule has 0 spiro atoms. The lowest BCUT2D eigenvalue weighted by atomic mass is 9.40. The van der Waals surface area contributed by atoms with Crippen molar-refractivity contribution >= 4 is 5.78 Å². The highest BCUT2D eigenvalue weighted by molar-refractivity contribution is 5.79. The van der Waals surface area contributed by atoms with Crippen LogP contribution >= 0.6 is 0 Å². The van der Waals surface area contributed by atoms with Crippen LogP contribution in [0.3, 0.4) is 0 Å². The number of rotatable bonds is 5. The molecule has 0 heterocycles. The summed E-state index contributed by atoms with van der Waals surface area (Å²) in [5.41, 5.74) is 1.49. The maximum atomic E-state index is 12.2. The van der Waals surface area contributed by atoms with E-state index in [1.807, 2.05) is 0 Å². The maximum Gasteiger partial charge on any atom is 0.133 e. The first kappa shape index (κ1) is 22.8. The Labute approximate surface area is 187 Å². The molecule has 1 nitrogen and oxygen atoms in total. The molecule has 4 rings (SSSR count). The number of carbonyl (C=O) groups excluding carboxylic acids is 1. The average Bonchev–Trinajstić information content (AvgIpc) is 2.97.